The summed E-state index contributed by atoms with van der Waals surface area (Å²) in [5, 5.41) is 0. The van der Waals surface area contributed by atoms with Crippen LogP contribution in [-0.4, -0.2) is 6.61 Å². The molecule has 0 heterocycles. The average Bonchev–Trinajstić information content (AvgIpc) is 2.50. The summed E-state index contributed by atoms with van der Waals surface area (Å²) in [5.74, 6) is 0. The molecule has 0 rings (SSSR count). The van der Waals surface area contributed by atoms with Crippen molar-refractivity contribution < 1.29 is 9.09 Å². The largest absolute Gasteiger partial charge is 0.582 e. The first-order valence-corrected chi connectivity index (χ1v) is 11.5. The predicted molar refractivity (Wildman–Crippen MR) is 102 cm³/mol. The zero-order chi connectivity index (χ0) is 16.3. The molecule has 1 atom stereocenters. The Morgan fingerprint density at radius 2 is 1.23 bits per heavy atom. The topological polar surface area (TPSA) is 26.3 Å². The minimum Gasteiger partial charge on any atom is -0.136 e. The Bertz CT molecular complexity index is 270. The maximum absolute atomic E-state index is 10.6. The molecule has 4 heteroatoms. The Morgan fingerprint density at radius 3 is 1.73 bits per heavy atom. The van der Waals surface area contributed by atoms with Gasteiger partial charge in [-0.25, -0.2) is 0 Å². The first-order chi connectivity index (χ1) is 10.8. The Kier molecular flexibility index (Phi) is 19.3. The third kappa shape index (κ3) is 20.1. The standard InChI is InChI=1S/C18H35O2PS/c1-2-3-4-5-6-7-8-9-10-11-12-13-14-15-16-17-18-20-21(19)22/h9-10H,2-8,11-18H2,1H3/p+1/b10-9+. The number of hydrogen-bond donors (Lipinski definition) is 1. The summed E-state index contributed by atoms with van der Waals surface area (Å²) >= 11 is 3.71. The molecule has 0 bridgehead atoms. The molecule has 0 aliphatic carbocycles. The first kappa shape index (κ1) is 22.1. The maximum atomic E-state index is 10.6. The Labute approximate surface area is 144 Å². The molecular weight excluding hydrogens is 311 g/mol. The zero-order valence-electron chi connectivity index (χ0n) is 14.5. The van der Waals surface area contributed by atoms with Crippen LogP contribution >= 0.6 is 19.5 Å². The fraction of sp³-hybridized carbons (Fsp3) is 0.889. The monoisotopic (exact) mass is 347 g/mol. The normalized spacial score (nSPS) is 12.2. The fourth-order valence-electron chi connectivity index (χ4n) is 2.49. The first-order valence-electron chi connectivity index (χ1n) is 9.21. The van der Waals surface area contributed by atoms with Crippen LogP contribution in [0.15, 0.2) is 12.2 Å². The maximum Gasteiger partial charge on any atom is 0.582 e. The van der Waals surface area contributed by atoms with Gasteiger partial charge in [0.25, 0.3) is 0 Å². The van der Waals surface area contributed by atoms with Crippen molar-refractivity contribution in [1.82, 2.24) is 0 Å². The molecule has 0 radical (unpaired) electrons. The Hall–Kier alpha value is 0.150. The lowest BCUT2D eigenvalue weighted by Gasteiger charge is -1.99. The van der Waals surface area contributed by atoms with Gasteiger partial charge in [-0.1, -0.05) is 76.9 Å². The summed E-state index contributed by atoms with van der Waals surface area (Å²) in [7, 11) is -1.71. The van der Waals surface area contributed by atoms with Crippen molar-refractivity contribution in [2.24, 2.45) is 0 Å². The number of allylic oxidation sites excluding steroid dienone is 2. The lowest BCUT2D eigenvalue weighted by molar-refractivity contribution is 0.325. The lowest BCUT2D eigenvalue weighted by Crippen LogP contribution is -1.86. The SMILES string of the molecule is CCCCCCCC/C=C/CCCCCCCCO[P+](=O)S. The minimum atomic E-state index is -1.71. The molecule has 0 aromatic heterocycles. The third-order valence-electron chi connectivity index (χ3n) is 3.86. The molecular formula is C18H36O2PS+. The highest BCUT2D eigenvalue weighted by molar-refractivity contribution is 8.39. The smallest absolute Gasteiger partial charge is 0.136 e. The second kappa shape index (κ2) is 19.2. The molecule has 0 aliphatic rings. The van der Waals surface area contributed by atoms with Crippen molar-refractivity contribution in [2.45, 2.75) is 96.8 Å². The molecule has 0 aromatic rings. The van der Waals surface area contributed by atoms with Gasteiger partial charge in [0.15, 0.2) is 0 Å². The average molecular weight is 348 g/mol. The van der Waals surface area contributed by atoms with E-state index in [0.29, 0.717) is 6.61 Å². The highest BCUT2D eigenvalue weighted by atomic mass is 32.7. The molecule has 0 aromatic carbocycles. The molecule has 0 aliphatic heterocycles. The van der Waals surface area contributed by atoms with Crippen LogP contribution in [-0.2, 0) is 9.09 Å². The van der Waals surface area contributed by atoms with Gasteiger partial charge >= 0.3 is 7.23 Å². The van der Waals surface area contributed by atoms with E-state index in [9.17, 15) is 4.57 Å². The van der Waals surface area contributed by atoms with Crippen LogP contribution in [0.3, 0.4) is 0 Å². The highest BCUT2D eigenvalue weighted by Gasteiger charge is 2.07. The van der Waals surface area contributed by atoms with Crippen LogP contribution in [0.4, 0.5) is 0 Å². The fourth-order valence-corrected chi connectivity index (χ4v) is 3.02. The summed E-state index contributed by atoms with van der Waals surface area (Å²) < 4.78 is 15.5. The number of thiol groups is 1. The van der Waals surface area contributed by atoms with E-state index in [1.807, 2.05) is 0 Å². The molecule has 2 nitrogen and oxygen atoms in total. The van der Waals surface area contributed by atoms with E-state index in [1.165, 1.54) is 83.5 Å². The van der Waals surface area contributed by atoms with Crippen LogP contribution < -0.4 is 0 Å². The van der Waals surface area contributed by atoms with Gasteiger partial charge in [0.1, 0.15) is 18.9 Å². The van der Waals surface area contributed by atoms with E-state index in [-0.39, 0.29) is 0 Å². The van der Waals surface area contributed by atoms with E-state index < -0.39 is 7.23 Å². The van der Waals surface area contributed by atoms with Gasteiger partial charge in [0.2, 0.25) is 0 Å². The quantitative estimate of drug-likeness (QED) is 0.127. The molecule has 0 saturated heterocycles. The van der Waals surface area contributed by atoms with Gasteiger partial charge in [0, 0.05) is 0 Å². The van der Waals surface area contributed by atoms with E-state index in [2.05, 4.69) is 31.3 Å². The van der Waals surface area contributed by atoms with Gasteiger partial charge in [-0.3, -0.25) is 0 Å². The molecule has 0 saturated carbocycles. The molecule has 130 valence electrons. The van der Waals surface area contributed by atoms with Crippen LogP contribution in [0.2, 0.25) is 0 Å². The van der Waals surface area contributed by atoms with Crippen molar-refractivity contribution in [3.63, 3.8) is 0 Å². The predicted octanol–water partition coefficient (Wildman–Crippen LogP) is 7.63. The van der Waals surface area contributed by atoms with Gasteiger partial charge in [-0.2, -0.15) is 0 Å². The van der Waals surface area contributed by atoms with Crippen molar-refractivity contribution >= 4 is 19.5 Å². The van der Waals surface area contributed by atoms with E-state index in [4.69, 9.17) is 4.52 Å². The number of hydrogen-bond acceptors (Lipinski definition) is 2. The van der Waals surface area contributed by atoms with Crippen molar-refractivity contribution in [3.8, 4) is 0 Å². The van der Waals surface area contributed by atoms with Gasteiger partial charge < -0.3 is 0 Å². The van der Waals surface area contributed by atoms with Crippen molar-refractivity contribution in [1.29, 1.82) is 0 Å². The van der Waals surface area contributed by atoms with Gasteiger partial charge in [-0.05, 0) is 36.7 Å². The molecule has 0 amide bonds. The number of rotatable bonds is 17. The van der Waals surface area contributed by atoms with E-state index >= 15 is 0 Å². The van der Waals surface area contributed by atoms with Gasteiger partial charge in [0.05, 0.1) is 0 Å². The molecule has 1 unspecified atom stereocenters. The second-order valence-corrected chi connectivity index (χ2v) is 7.72. The summed E-state index contributed by atoms with van der Waals surface area (Å²) in [6.45, 7) is 2.85. The zero-order valence-corrected chi connectivity index (χ0v) is 16.3. The summed E-state index contributed by atoms with van der Waals surface area (Å²) in [5.41, 5.74) is 0. The van der Waals surface area contributed by atoms with Crippen LogP contribution in [0.25, 0.3) is 0 Å². The summed E-state index contributed by atoms with van der Waals surface area (Å²) in [6, 6.07) is 0. The molecule has 0 spiro atoms. The highest BCUT2D eigenvalue weighted by Crippen LogP contribution is 2.26. The Morgan fingerprint density at radius 1 is 0.773 bits per heavy atom. The molecule has 0 fully saturated rings. The van der Waals surface area contributed by atoms with E-state index in [1.54, 1.807) is 0 Å². The minimum absolute atomic E-state index is 0.583. The molecule has 0 N–H and O–H groups in total. The van der Waals surface area contributed by atoms with Crippen molar-refractivity contribution in [2.75, 3.05) is 6.61 Å². The summed E-state index contributed by atoms with van der Waals surface area (Å²) in [4.78, 5) is 0. The summed E-state index contributed by atoms with van der Waals surface area (Å²) in [6.07, 6.45) is 22.9. The van der Waals surface area contributed by atoms with Crippen LogP contribution in [0.5, 0.6) is 0 Å². The number of unbranched alkanes of at least 4 members (excludes halogenated alkanes) is 12. The third-order valence-corrected chi connectivity index (χ3v) is 4.61. The lowest BCUT2D eigenvalue weighted by atomic mass is 10.1. The van der Waals surface area contributed by atoms with Crippen molar-refractivity contribution in [3.05, 3.63) is 12.2 Å². The van der Waals surface area contributed by atoms with Gasteiger partial charge in [-0.15, -0.1) is 4.52 Å². The molecule has 22 heavy (non-hydrogen) atoms. The Balaban J connectivity index is 3.06. The van der Waals surface area contributed by atoms with Crippen LogP contribution in [0.1, 0.15) is 96.8 Å². The second-order valence-electron chi connectivity index (χ2n) is 6.01. The van der Waals surface area contributed by atoms with E-state index in [0.717, 1.165) is 6.42 Å². The van der Waals surface area contributed by atoms with Crippen LogP contribution in [0, 0.1) is 0 Å².